The number of nitrogens with two attached hydrogens (primary N) is 1. The maximum atomic E-state index is 5.93. The van der Waals surface area contributed by atoms with Crippen molar-refractivity contribution in [1.82, 2.24) is 15.5 Å². The fourth-order valence-electron chi connectivity index (χ4n) is 2.77. The summed E-state index contributed by atoms with van der Waals surface area (Å²) in [5.41, 5.74) is 7.88. The van der Waals surface area contributed by atoms with Gasteiger partial charge in [0.15, 0.2) is 17.5 Å². The Morgan fingerprint density at radius 2 is 1.87 bits per heavy atom. The minimum Gasteiger partial charge on any atom is -0.493 e. The maximum absolute atomic E-state index is 5.93. The fourth-order valence-corrected chi connectivity index (χ4v) is 2.90. The maximum Gasteiger partial charge on any atom is 0.228 e. The number of nitrogens with one attached hydrogen (secondary N) is 1. The molecule has 0 radical (unpaired) electrons. The van der Waals surface area contributed by atoms with Crippen LogP contribution in [0.1, 0.15) is 11.5 Å². The Labute approximate surface area is 180 Å². The topological polar surface area (TPSA) is 108 Å². The number of aliphatic imine (C=N–C) groups is 1. The number of guanidine groups is 1. The van der Waals surface area contributed by atoms with Gasteiger partial charge in [0.2, 0.25) is 11.7 Å². The Morgan fingerprint density at radius 1 is 1.10 bits per heavy atom. The molecule has 0 atom stereocenters. The van der Waals surface area contributed by atoms with Crippen LogP contribution < -0.4 is 20.5 Å². The lowest BCUT2D eigenvalue weighted by Crippen LogP contribution is -2.33. The van der Waals surface area contributed by atoms with E-state index in [0.29, 0.717) is 53.7 Å². The Morgan fingerprint density at radius 3 is 2.60 bits per heavy atom. The van der Waals surface area contributed by atoms with E-state index in [-0.39, 0.29) is 0 Å². The molecule has 3 rings (SSSR count). The number of rotatable bonds is 9. The molecule has 0 saturated heterocycles. The molecule has 0 bridgehead atoms. The van der Waals surface area contributed by atoms with Crippen LogP contribution in [0.2, 0.25) is 5.02 Å². The number of aromatic nitrogens is 2. The summed E-state index contributed by atoms with van der Waals surface area (Å²) in [5.74, 6) is 2.80. The summed E-state index contributed by atoms with van der Waals surface area (Å²) >= 11 is 5.89. The summed E-state index contributed by atoms with van der Waals surface area (Å²) in [6.45, 7) is 1.09. The van der Waals surface area contributed by atoms with Crippen molar-refractivity contribution in [3.8, 4) is 22.9 Å². The van der Waals surface area contributed by atoms with E-state index in [1.807, 2.05) is 30.3 Å². The normalized spacial score (nSPS) is 11.4. The van der Waals surface area contributed by atoms with Crippen LogP contribution in [-0.2, 0) is 12.8 Å². The quantitative estimate of drug-likeness (QED) is 0.397. The van der Waals surface area contributed by atoms with E-state index in [4.69, 9.17) is 31.3 Å². The third-order valence-electron chi connectivity index (χ3n) is 4.35. The summed E-state index contributed by atoms with van der Waals surface area (Å²) in [5, 5.41) is 7.73. The Hall–Kier alpha value is -3.26. The van der Waals surface area contributed by atoms with E-state index in [0.717, 1.165) is 17.5 Å². The summed E-state index contributed by atoms with van der Waals surface area (Å²) in [4.78, 5) is 8.66. The third kappa shape index (κ3) is 5.87. The van der Waals surface area contributed by atoms with Crippen molar-refractivity contribution in [2.75, 3.05) is 27.3 Å². The highest BCUT2D eigenvalue weighted by Crippen LogP contribution is 2.27. The Kier molecular flexibility index (Phi) is 7.51. The number of hydrogen-bond donors (Lipinski definition) is 2. The van der Waals surface area contributed by atoms with Crippen molar-refractivity contribution < 1.29 is 14.0 Å². The van der Waals surface area contributed by atoms with Crippen molar-refractivity contribution in [3.63, 3.8) is 0 Å². The number of methoxy groups -OCH3 is 2. The van der Waals surface area contributed by atoms with Gasteiger partial charge in [-0.3, -0.25) is 4.99 Å². The van der Waals surface area contributed by atoms with E-state index in [9.17, 15) is 0 Å². The number of hydrogen-bond acceptors (Lipinski definition) is 6. The van der Waals surface area contributed by atoms with E-state index >= 15 is 0 Å². The van der Waals surface area contributed by atoms with Gasteiger partial charge in [0.25, 0.3) is 0 Å². The lowest BCUT2D eigenvalue weighted by atomic mass is 10.1. The zero-order valence-electron chi connectivity index (χ0n) is 16.9. The van der Waals surface area contributed by atoms with Gasteiger partial charge in [-0.1, -0.05) is 22.8 Å². The van der Waals surface area contributed by atoms with Gasteiger partial charge in [-0.05, 0) is 48.4 Å². The molecule has 9 heteroatoms. The zero-order chi connectivity index (χ0) is 21.3. The summed E-state index contributed by atoms with van der Waals surface area (Å²) in [7, 11) is 3.23. The van der Waals surface area contributed by atoms with E-state index in [1.165, 1.54) is 0 Å². The number of benzene rings is 2. The molecule has 0 fully saturated rings. The summed E-state index contributed by atoms with van der Waals surface area (Å²) in [6.07, 6.45) is 1.27. The fraction of sp³-hybridized carbons (Fsp3) is 0.286. The Bertz CT molecular complexity index is 989. The van der Waals surface area contributed by atoms with E-state index < -0.39 is 0 Å². The lowest BCUT2D eigenvalue weighted by Gasteiger charge is -2.10. The average molecular weight is 430 g/mol. The molecule has 0 aliphatic carbocycles. The van der Waals surface area contributed by atoms with Crippen LogP contribution in [0.4, 0.5) is 0 Å². The first kappa shape index (κ1) is 21.4. The monoisotopic (exact) mass is 429 g/mol. The van der Waals surface area contributed by atoms with Crippen molar-refractivity contribution >= 4 is 17.6 Å². The molecule has 0 amide bonds. The second kappa shape index (κ2) is 10.5. The first-order chi connectivity index (χ1) is 14.6. The van der Waals surface area contributed by atoms with Crippen molar-refractivity contribution in [1.29, 1.82) is 0 Å². The highest BCUT2D eigenvalue weighted by molar-refractivity contribution is 6.30. The molecule has 0 unspecified atom stereocenters. The number of nitrogens with zero attached hydrogens (tertiary/aromatic N) is 3. The molecule has 0 aliphatic rings. The minimum atomic E-state index is 0.368. The number of halogens is 1. The molecule has 30 heavy (non-hydrogen) atoms. The zero-order valence-corrected chi connectivity index (χ0v) is 17.6. The van der Waals surface area contributed by atoms with Gasteiger partial charge in [0.1, 0.15) is 0 Å². The van der Waals surface area contributed by atoms with Crippen LogP contribution in [0.25, 0.3) is 11.4 Å². The van der Waals surface area contributed by atoms with Crippen LogP contribution in [-0.4, -0.2) is 43.4 Å². The van der Waals surface area contributed by atoms with Crippen LogP contribution in [0.5, 0.6) is 11.5 Å². The molecule has 8 nitrogen and oxygen atoms in total. The van der Waals surface area contributed by atoms with Crippen LogP contribution in [0, 0.1) is 0 Å². The van der Waals surface area contributed by atoms with Crippen LogP contribution in [0.3, 0.4) is 0 Å². The summed E-state index contributed by atoms with van der Waals surface area (Å²) in [6, 6.07) is 13.1. The molecular weight excluding hydrogens is 406 g/mol. The molecule has 3 N–H and O–H groups in total. The first-order valence-electron chi connectivity index (χ1n) is 9.42. The third-order valence-corrected chi connectivity index (χ3v) is 4.60. The van der Waals surface area contributed by atoms with Crippen molar-refractivity contribution in [2.24, 2.45) is 10.7 Å². The minimum absolute atomic E-state index is 0.368. The van der Waals surface area contributed by atoms with Gasteiger partial charge in [0, 0.05) is 23.6 Å². The van der Waals surface area contributed by atoms with E-state index in [1.54, 1.807) is 26.4 Å². The largest absolute Gasteiger partial charge is 0.493 e. The molecule has 0 spiro atoms. The van der Waals surface area contributed by atoms with Gasteiger partial charge in [-0.15, -0.1) is 0 Å². The molecule has 1 aromatic heterocycles. The second-order valence-electron chi connectivity index (χ2n) is 6.40. The van der Waals surface area contributed by atoms with Gasteiger partial charge in [0.05, 0.1) is 20.8 Å². The predicted molar refractivity (Wildman–Crippen MR) is 116 cm³/mol. The Balaban J connectivity index is 1.44. The van der Waals surface area contributed by atoms with Crippen molar-refractivity contribution in [2.45, 2.75) is 12.8 Å². The molecule has 158 valence electrons. The first-order valence-corrected chi connectivity index (χ1v) is 9.80. The molecule has 1 heterocycles. The standard InChI is InChI=1S/C21H24ClN5O3/c1-28-17-8-3-14(13-18(17)29-2)9-11-24-21(23)25-12-10-19-26-20(27-30-19)15-4-6-16(22)7-5-15/h3-8,13H,9-12H2,1-2H3,(H3,23,24,25). The second-order valence-corrected chi connectivity index (χ2v) is 6.84. The smallest absolute Gasteiger partial charge is 0.228 e. The van der Waals surface area contributed by atoms with Gasteiger partial charge in [-0.25, -0.2) is 0 Å². The highest BCUT2D eigenvalue weighted by atomic mass is 35.5. The summed E-state index contributed by atoms with van der Waals surface area (Å²) < 4.78 is 15.8. The van der Waals surface area contributed by atoms with Crippen LogP contribution >= 0.6 is 11.6 Å². The predicted octanol–water partition coefficient (Wildman–Crippen LogP) is 3.10. The molecule has 0 aliphatic heterocycles. The number of ether oxygens (including phenoxy) is 2. The van der Waals surface area contributed by atoms with Crippen molar-refractivity contribution in [3.05, 3.63) is 58.9 Å². The van der Waals surface area contributed by atoms with Crippen LogP contribution in [0.15, 0.2) is 52.0 Å². The SMILES string of the molecule is COc1ccc(CCNC(N)=NCCc2nc(-c3ccc(Cl)cc3)no2)cc1OC. The molecule has 3 aromatic rings. The van der Waals surface area contributed by atoms with Gasteiger partial charge >= 0.3 is 0 Å². The average Bonchev–Trinajstić information content (AvgIpc) is 3.23. The molecular formula is C21H24ClN5O3. The molecule has 0 saturated carbocycles. The van der Waals surface area contributed by atoms with E-state index in [2.05, 4.69) is 20.4 Å². The van der Waals surface area contributed by atoms with Gasteiger partial charge < -0.3 is 25.0 Å². The van der Waals surface area contributed by atoms with Gasteiger partial charge in [-0.2, -0.15) is 4.98 Å². The lowest BCUT2D eigenvalue weighted by molar-refractivity contribution is 0.354. The highest BCUT2D eigenvalue weighted by Gasteiger charge is 2.08. The molecule has 2 aromatic carbocycles.